The summed E-state index contributed by atoms with van der Waals surface area (Å²) < 4.78 is 11.2. The summed E-state index contributed by atoms with van der Waals surface area (Å²) in [5.41, 5.74) is 5.26. The number of carboxylic acids is 1. The van der Waals surface area contributed by atoms with E-state index in [1.807, 2.05) is 36.4 Å². The van der Waals surface area contributed by atoms with Crippen molar-refractivity contribution in [2.24, 2.45) is 0 Å². The van der Waals surface area contributed by atoms with Crippen molar-refractivity contribution in [3.8, 4) is 45.3 Å². The summed E-state index contributed by atoms with van der Waals surface area (Å²) in [6.07, 6.45) is 2.99. The lowest BCUT2D eigenvalue weighted by Crippen LogP contribution is -2.35. The quantitative estimate of drug-likeness (QED) is 0.134. The maximum Gasteiger partial charge on any atom is 0.317 e. The summed E-state index contributed by atoms with van der Waals surface area (Å²) in [6.45, 7) is 1.17. The van der Waals surface area contributed by atoms with Crippen LogP contribution >= 0.6 is 34.8 Å². The number of nitrogens with one attached hydrogen (secondary N) is 3. The number of ether oxygens (including phenoxy) is 2. The number of carbonyl (C=O) groups excluding carboxylic acids is 1. The third kappa shape index (κ3) is 7.54. The zero-order chi connectivity index (χ0) is 32.8. The van der Waals surface area contributed by atoms with Crippen LogP contribution in [-0.2, 0) is 22.7 Å². The SMILES string of the molecule is COc1cc(-c2nccc(-c3cccc(-c4cc(Cl)c(CNC[C@@H]5CCC(=O)N5)c(OC)n4)c3Cl)c2Cl)ccc1CNCC(=O)O. The number of benzene rings is 2. The lowest BCUT2D eigenvalue weighted by Gasteiger charge is -2.17. The van der Waals surface area contributed by atoms with Gasteiger partial charge < -0.3 is 30.5 Å². The number of rotatable bonds is 13. The molecule has 5 rings (SSSR count). The van der Waals surface area contributed by atoms with Crippen molar-refractivity contribution in [1.82, 2.24) is 25.9 Å². The standard InChI is InChI=1S/C33H32Cl3N5O5/c1-45-27-12-18(6-7-19(27)14-37-17-29(43)44)32-31(36)22(10-11-39-32)21-4-3-5-23(30(21)35)26-13-25(34)24(33(41-26)46-2)16-38-15-20-8-9-28(42)40-20/h3-7,10-13,20,37-38H,8-9,14-17H2,1-2H3,(H,40,42)(H,43,44)/t20-/m0/s1. The summed E-state index contributed by atoms with van der Waals surface area (Å²) >= 11 is 20.7. The molecule has 13 heteroatoms. The fourth-order valence-corrected chi connectivity index (χ4v) is 6.22. The number of pyridine rings is 2. The van der Waals surface area contributed by atoms with Gasteiger partial charge >= 0.3 is 5.97 Å². The molecule has 0 saturated carbocycles. The van der Waals surface area contributed by atoms with Crippen LogP contribution in [0.4, 0.5) is 0 Å². The van der Waals surface area contributed by atoms with Gasteiger partial charge in [-0.1, -0.05) is 65.1 Å². The summed E-state index contributed by atoms with van der Waals surface area (Å²) in [6, 6.07) is 14.7. The minimum Gasteiger partial charge on any atom is -0.496 e. The highest BCUT2D eigenvalue weighted by Gasteiger charge is 2.22. The maximum atomic E-state index is 11.5. The Bertz CT molecular complexity index is 1770. The molecule has 1 atom stereocenters. The Morgan fingerprint density at radius 1 is 1.00 bits per heavy atom. The molecule has 0 radical (unpaired) electrons. The molecule has 46 heavy (non-hydrogen) atoms. The van der Waals surface area contributed by atoms with Crippen LogP contribution in [0.2, 0.25) is 15.1 Å². The van der Waals surface area contributed by atoms with Crippen molar-refractivity contribution in [3.63, 3.8) is 0 Å². The average Bonchev–Trinajstić information content (AvgIpc) is 3.46. The van der Waals surface area contributed by atoms with Crippen molar-refractivity contribution >= 4 is 46.7 Å². The van der Waals surface area contributed by atoms with Crippen LogP contribution in [-0.4, -0.2) is 60.3 Å². The van der Waals surface area contributed by atoms with E-state index in [0.717, 1.165) is 17.5 Å². The highest BCUT2D eigenvalue weighted by atomic mass is 35.5. The second-order valence-corrected chi connectivity index (χ2v) is 11.8. The van der Waals surface area contributed by atoms with Crippen LogP contribution in [0, 0.1) is 0 Å². The van der Waals surface area contributed by atoms with Crippen LogP contribution in [0.25, 0.3) is 33.6 Å². The number of carbonyl (C=O) groups is 2. The fraction of sp³-hybridized carbons (Fsp3) is 0.273. The molecular formula is C33H32Cl3N5O5. The molecule has 0 spiro atoms. The molecule has 3 heterocycles. The predicted molar refractivity (Wildman–Crippen MR) is 179 cm³/mol. The molecule has 2 aromatic carbocycles. The van der Waals surface area contributed by atoms with E-state index in [-0.39, 0.29) is 18.5 Å². The minimum absolute atomic E-state index is 0.0650. The van der Waals surface area contributed by atoms with E-state index in [9.17, 15) is 9.59 Å². The predicted octanol–water partition coefficient (Wildman–Crippen LogP) is 6.00. The number of hydrogen-bond acceptors (Lipinski definition) is 8. The Balaban J connectivity index is 1.42. The summed E-state index contributed by atoms with van der Waals surface area (Å²) in [5, 5.41) is 19.3. The summed E-state index contributed by atoms with van der Waals surface area (Å²) in [7, 11) is 3.08. The van der Waals surface area contributed by atoms with Crippen molar-refractivity contribution < 1.29 is 24.2 Å². The lowest BCUT2D eigenvalue weighted by molar-refractivity contribution is -0.136. The van der Waals surface area contributed by atoms with Crippen molar-refractivity contribution in [2.45, 2.75) is 32.0 Å². The van der Waals surface area contributed by atoms with E-state index < -0.39 is 5.97 Å². The largest absolute Gasteiger partial charge is 0.496 e. The van der Waals surface area contributed by atoms with Crippen LogP contribution in [0.3, 0.4) is 0 Å². The first-order valence-electron chi connectivity index (χ1n) is 14.5. The zero-order valence-electron chi connectivity index (χ0n) is 25.1. The fourth-order valence-electron chi connectivity index (χ4n) is 5.32. The molecule has 1 saturated heterocycles. The molecule has 1 amide bonds. The molecule has 10 nitrogen and oxygen atoms in total. The Kier molecular flexibility index (Phi) is 11.0. The van der Waals surface area contributed by atoms with Crippen molar-refractivity contribution in [3.05, 3.63) is 80.9 Å². The first-order valence-corrected chi connectivity index (χ1v) is 15.6. The second kappa shape index (κ2) is 15.1. The minimum atomic E-state index is -0.943. The Labute approximate surface area is 281 Å². The van der Waals surface area contributed by atoms with E-state index in [2.05, 4.69) is 20.9 Å². The molecule has 2 aromatic heterocycles. The molecule has 0 bridgehead atoms. The molecule has 4 N–H and O–H groups in total. The molecule has 1 aliphatic heterocycles. The molecular weight excluding hydrogens is 653 g/mol. The molecule has 0 unspecified atom stereocenters. The first-order chi connectivity index (χ1) is 22.2. The van der Waals surface area contributed by atoms with E-state index >= 15 is 0 Å². The lowest BCUT2D eigenvalue weighted by atomic mass is 9.99. The number of methoxy groups -OCH3 is 2. The van der Waals surface area contributed by atoms with Crippen LogP contribution < -0.4 is 25.4 Å². The van der Waals surface area contributed by atoms with Crippen LogP contribution in [0.5, 0.6) is 11.6 Å². The Morgan fingerprint density at radius 2 is 1.78 bits per heavy atom. The van der Waals surface area contributed by atoms with Gasteiger partial charge in [-0.25, -0.2) is 4.98 Å². The van der Waals surface area contributed by atoms with Gasteiger partial charge in [-0.05, 0) is 24.6 Å². The van der Waals surface area contributed by atoms with E-state index in [1.54, 1.807) is 25.4 Å². The summed E-state index contributed by atoms with van der Waals surface area (Å²) in [5.74, 6) is 0.0584. The highest BCUT2D eigenvalue weighted by molar-refractivity contribution is 6.39. The first kappa shape index (κ1) is 33.4. The number of carboxylic acid groups (broad SMARTS) is 1. The number of hydrogen-bond donors (Lipinski definition) is 4. The molecule has 1 aliphatic rings. The Hall–Kier alpha value is -3.93. The van der Waals surface area contributed by atoms with Gasteiger partial charge in [0.25, 0.3) is 0 Å². The molecule has 240 valence electrons. The third-order valence-corrected chi connectivity index (χ3v) is 8.74. The third-order valence-electron chi connectivity index (χ3n) is 7.61. The second-order valence-electron chi connectivity index (χ2n) is 10.6. The van der Waals surface area contributed by atoms with Gasteiger partial charge in [0.2, 0.25) is 11.8 Å². The van der Waals surface area contributed by atoms with Gasteiger partial charge in [-0.3, -0.25) is 14.6 Å². The van der Waals surface area contributed by atoms with Crippen LogP contribution in [0.1, 0.15) is 24.0 Å². The van der Waals surface area contributed by atoms with Gasteiger partial charge in [0.1, 0.15) is 5.75 Å². The maximum absolute atomic E-state index is 11.5. The van der Waals surface area contributed by atoms with Gasteiger partial charge in [0.15, 0.2) is 0 Å². The van der Waals surface area contributed by atoms with E-state index in [4.69, 9.17) is 54.4 Å². The van der Waals surface area contributed by atoms with Gasteiger partial charge in [-0.15, -0.1) is 0 Å². The van der Waals surface area contributed by atoms with E-state index in [1.165, 1.54) is 7.11 Å². The summed E-state index contributed by atoms with van der Waals surface area (Å²) in [4.78, 5) is 31.6. The molecule has 1 fully saturated rings. The van der Waals surface area contributed by atoms with E-state index in [0.29, 0.717) is 86.4 Å². The number of amides is 1. The van der Waals surface area contributed by atoms with Crippen molar-refractivity contribution in [1.29, 1.82) is 0 Å². The molecule has 4 aromatic rings. The molecule has 0 aliphatic carbocycles. The number of halogens is 3. The zero-order valence-corrected chi connectivity index (χ0v) is 27.4. The highest BCUT2D eigenvalue weighted by Crippen LogP contribution is 2.43. The average molecular weight is 685 g/mol. The number of nitrogens with zero attached hydrogens (tertiary/aromatic N) is 2. The Morgan fingerprint density at radius 3 is 2.50 bits per heavy atom. The number of aliphatic carboxylic acids is 1. The van der Waals surface area contributed by atoms with Gasteiger partial charge in [-0.2, -0.15) is 0 Å². The normalized spacial score (nSPS) is 14.3. The van der Waals surface area contributed by atoms with Crippen LogP contribution in [0.15, 0.2) is 54.7 Å². The van der Waals surface area contributed by atoms with Gasteiger partial charge in [0, 0.05) is 71.7 Å². The number of aromatic nitrogens is 2. The smallest absolute Gasteiger partial charge is 0.317 e. The monoisotopic (exact) mass is 683 g/mol. The topological polar surface area (TPSA) is 135 Å². The van der Waals surface area contributed by atoms with Gasteiger partial charge in [0.05, 0.1) is 47.2 Å². The van der Waals surface area contributed by atoms with Crippen molar-refractivity contribution in [2.75, 3.05) is 27.3 Å².